The maximum atomic E-state index is 6.03. The van der Waals surface area contributed by atoms with Crippen molar-refractivity contribution >= 4 is 11.6 Å². The molecule has 1 aromatic heterocycles. The van der Waals surface area contributed by atoms with E-state index < -0.39 is 0 Å². The highest BCUT2D eigenvalue weighted by Gasteiger charge is 2.26. The molecule has 1 saturated carbocycles. The summed E-state index contributed by atoms with van der Waals surface area (Å²) in [5.41, 5.74) is 0. The molecule has 2 heterocycles. The van der Waals surface area contributed by atoms with Crippen molar-refractivity contribution in [2.24, 2.45) is 7.05 Å². The van der Waals surface area contributed by atoms with Gasteiger partial charge in [0.25, 0.3) is 0 Å². The molecule has 1 aliphatic carbocycles. The van der Waals surface area contributed by atoms with Gasteiger partial charge in [0.15, 0.2) is 0 Å². The van der Waals surface area contributed by atoms with Crippen LogP contribution in [0.3, 0.4) is 0 Å². The summed E-state index contributed by atoms with van der Waals surface area (Å²) in [4.78, 5) is 9.56. The normalized spacial score (nSPS) is 23.3. The van der Waals surface area contributed by atoms with Gasteiger partial charge in [0.05, 0.1) is 12.7 Å². The minimum Gasteiger partial charge on any atom is -0.321 e. The zero-order valence-corrected chi connectivity index (χ0v) is 12.4. The molecule has 0 aromatic carbocycles. The average Bonchev–Trinajstić information content (AvgIpc) is 3.06. The van der Waals surface area contributed by atoms with Crippen LogP contribution in [0.25, 0.3) is 0 Å². The minimum absolute atomic E-state index is 0.722. The highest BCUT2D eigenvalue weighted by molar-refractivity contribution is 6.29. The summed E-state index contributed by atoms with van der Waals surface area (Å²) >= 11 is 6.03. The number of aromatic nitrogens is 2. The van der Waals surface area contributed by atoms with Gasteiger partial charge < -0.3 is 4.57 Å². The molecule has 2 aliphatic rings. The molecule has 0 radical (unpaired) electrons. The van der Waals surface area contributed by atoms with Crippen molar-refractivity contribution in [1.29, 1.82) is 0 Å². The molecule has 0 amide bonds. The van der Waals surface area contributed by atoms with Crippen molar-refractivity contribution in [3.63, 3.8) is 0 Å². The quantitative estimate of drug-likeness (QED) is 0.849. The molecule has 4 nitrogen and oxygen atoms in total. The van der Waals surface area contributed by atoms with Crippen LogP contribution in [0, 0.1) is 0 Å². The number of rotatable bonds is 3. The van der Waals surface area contributed by atoms with Crippen LogP contribution in [0.15, 0.2) is 6.20 Å². The van der Waals surface area contributed by atoms with Gasteiger partial charge in [-0.15, -0.1) is 0 Å². The fraction of sp³-hybridized carbons (Fsp3) is 0.786. The molecule has 0 spiro atoms. The molecule has 0 bridgehead atoms. The Hall–Kier alpha value is -0.580. The lowest BCUT2D eigenvalue weighted by atomic mass is 10.2. The summed E-state index contributed by atoms with van der Waals surface area (Å²) in [7, 11) is 1.99. The van der Waals surface area contributed by atoms with Gasteiger partial charge in [-0.3, -0.25) is 9.80 Å². The summed E-state index contributed by atoms with van der Waals surface area (Å²) in [6, 6.07) is 0.866. The number of hydrogen-bond acceptors (Lipinski definition) is 3. The van der Waals surface area contributed by atoms with E-state index in [1.807, 2.05) is 11.6 Å². The summed E-state index contributed by atoms with van der Waals surface area (Å²) in [5, 5.41) is 0.722. The van der Waals surface area contributed by atoms with Crippen LogP contribution in [0.2, 0.25) is 5.15 Å². The first-order valence-electron chi connectivity index (χ1n) is 7.36. The van der Waals surface area contributed by atoms with E-state index in [1.54, 1.807) is 6.20 Å². The van der Waals surface area contributed by atoms with Crippen LogP contribution in [-0.4, -0.2) is 51.6 Å². The first-order chi connectivity index (χ1) is 9.24. The summed E-state index contributed by atoms with van der Waals surface area (Å²) in [5.74, 6) is 1.07. The maximum Gasteiger partial charge on any atom is 0.128 e. The molecule has 3 rings (SSSR count). The lowest BCUT2D eigenvalue weighted by molar-refractivity contribution is 0.0916. The predicted octanol–water partition coefficient (Wildman–Crippen LogP) is 2.13. The van der Waals surface area contributed by atoms with Crippen molar-refractivity contribution in [2.45, 2.75) is 38.3 Å². The molecule has 0 atom stereocenters. The molecule has 0 unspecified atom stereocenters. The van der Waals surface area contributed by atoms with Crippen LogP contribution in [-0.2, 0) is 13.6 Å². The van der Waals surface area contributed by atoms with Gasteiger partial charge in [-0.1, -0.05) is 24.4 Å². The van der Waals surface area contributed by atoms with Crippen LogP contribution in [0.4, 0.5) is 0 Å². The second-order valence-electron chi connectivity index (χ2n) is 5.81. The van der Waals surface area contributed by atoms with Crippen molar-refractivity contribution in [1.82, 2.24) is 19.4 Å². The molecule has 19 heavy (non-hydrogen) atoms. The summed E-state index contributed by atoms with van der Waals surface area (Å²) < 4.78 is 1.98. The third-order valence-electron chi connectivity index (χ3n) is 4.64. The number of halogens is 1. The second-order valence-corrected chi connectivity index (χ2v) is 6.19. The van der Waals surface area contributed by atoms with Gasteiger partial charge in [0.2, 0.25) is 0 Å². The molecular formula is C14H23ClN4. The average molecular weight is 283 g/mol. The zero-order chi connectivity index (χ0) is 13.2. The molecule has 2 fully saturated rings. The van der Waals surface area contributed by atoms with Crippen LogP contribution < -0.4 is 0 Å². The number of piperazine rings is 1. The van der Waals surface area contributed by atoms with Gasteiger partial charge in [-0.25, -0.2) is 4.98 Å². The van der Waals surface area contributed by atoms with Crippen LogP contribution in [0.5, 0.6) is 0 Å². The van der Waals surface area contributed by atoms with Gasteiger partial charge in [0.1, 0.15) is 11.0 Å². The van der Waals surface area contributed by atoms with Crippen molar-refractivity contribution in [2.75, 3.05) is 26.2 Å². The maximum absolute atomic E-state index is 6.03. The Labute approximate surface area is 120 Å². The van der Waals surface area contributed by atoms with Gasteiger partial charge in [-0.2, -0.15) is 0 Å². The smallest absolute Gasteiger partial charge is 0.128 e. The monoisotopic (exact) mass is 282 g/mol. The molecule has 1 aliphatic heterocycles. The van der Waals surface area contributed by atoms with E-state index in [9.17, 15) is 0 Å². The molecule has 1 saturated heterocycles. The molecular weight excluding hydrogens is 260 g/mol. The van der Waals surface area contributed by atoms with E-state index in [0.717, 1.165) is 36.7 Å². The van der Waals surface area contributed by atoms with Crippen molar-refractivity contribution in [3.8, 4) is 0 Å². The first kappa shape index (κ1) is 13.4. The molecule has 5 heteroatoms. The van der Waals surface area contributed by atoms with Gasteiger partial charge in [-0.05, 0) is 12.8 Å². The zero-order valence-electron chi connectivity index (χ0n) is 11.7. The fourth-order valence-electron chi connectivity index (χ4n) is 3.33. The Morgan fingerprint density at radius 3 is 2.47 bits per heavy atom. The first-order valence-corrected chi connectivity index (χ1v) is 7.74. The summed E-state index contributed by atoms with van der Waals surface area (Å²) in [6.45, 7) is 5.65. The van der Waals surface area contributed by atoms with E-state index in [1.165, 1.54) is 38.8 Å². The van der Waals surface area contributed by atoms with Crippen LogP contribution in [0.1, 0.15) is 31.5 Å². The Bertz CT molecular complexity index is 417. The molecule has 106 valence electrons. The largest absolute Gasteiger partial charge is 0.321 e. The third kappa shape index (κ3) is 2.96. The number of nitrogens with zero attached hydrogens (tertiary/aromatic N) is 4. The Kier molecular flexibility index (Phi) is 4.10. The standard InChI is InChI=1S/C14H23ClN4/c1-17-13(15)10-16-14(17)11-18-6-8-19(9-7-18)12-4-2-3-5-12/h10,12H,2-9,11H2,1H3. The van der Waals surface area contributed by atoms with E-state index in [-0.39, 0.29) is 0 Å². The van der Waals surface area contributed by atoms with E-state index in [2.05, 4.69) is 14.8 Å². The number of hydrogen-bond donors (Lipinski definition) is 0. The fourth-order valence-corrected chi connectivity index (χ4v) is 3.47. The van der Waals surface area contributed by atoms with Crippen molar-refractivity contribution < 1.29 is 0 Å². The second kappa shape index (κ2) is 5.81. The minimum atomic E-state index is 0.722. The van der Waals surface area contributed by atoms with E-state index in [4.69, 9.17) is 11.6 Å². The number of imidazole rings is 1. The highest BCUT2D eigenvalue weighted by Crippen LogP contribution is 2.24. The highest BCUT2D eigenvalue weighted by atomic mass is 35.5. The molecule has 1 aromatic rings. The van der Waals surface area contributed by atoms with Gasteiger partial charge in [0, 0.05) is 39.3 Å². The van der Waals surface area contributed by atoms with E-state index >= 15 is 0 Å². The topological polar surface area (TPSA) is 24.3 Å². The third-order valence-corrected chi connectivity index (χ3v) is 4.99. The Morgan fingerprint density at radius 1 is 1.21 bits per heavy atom. The lowest BCUT2D eigenvalue weighted by Gasteiger charge is -2.37. The van der Waals surface area contributed by atoms with Gasteiger partial charge >= 0.3 is 0 Å². The predicted molar refractivity (Wildman–Crippen MR) is 77.3 cm³/mol. The Balaban J connectivity index is 1.51. The van der Waals surface area contributed by atoms with Crippen molar-refractivity contribution in [3.05, 3.63) is 17.2 Å². The molecule has 0 N–H and O–H groups in total. The lowest BCUT2D eigenvalue weighted by Crippen LogP contribution is -2.49. The summed E-state index contributed by atoms with van der Waals surface area (Å²) in [6.07, 6.45) is 7.42. The Morgan fingerprint density at radius 2 is 1.89 bits per heavy atom. The van der Waals surface area contributed by atoms with E-state index in [0.29, 0.717) is 0 Å². The van der Waals surface area contributed by atoms with Crippen LogP contribution >= 0.6 is 11.6 Å². The SMILES string of the molecule is Cn1c(Cl)cnc1CN1CCN(C2CCCC2)CC1.